The van der Waals surface area contributed by atoms with Crippen molar-refractivity contribution in [1.29, 1.82) is 0 Å². The summed E-state index contributed by atoms with van der Waals surface area (Å²) in [5.41, 5.74) is 8.22. The number of aromatic amines is 1. The molecule has 0 spiro atoms. The fourth-order valence-electron chi connectivity index (χ4n) is 4.88. The maximum atomic E-state index is 11.5. The van der Waals surface area contributed by atoms with Gasteiger partial charge in [0.2, 0.25) is 0 Å². The Morgan fingerprint density at radius 1 is 1.11 bits per heavy atom. The molecule has 2 N–H and O–H groups in total. The van der Waals surface area contributed by atoms with Crippen molar-refractivity contribution in [2.75, 3.05) is 5.32 Å². The van der Waals surface area contributed by atoms with Gasteiger partial charge in [-0.15, -0.1) is 5.10 Å². The lowest BCUT2D eigenvalue weighted by Crippen LogP contribution is -2.14. The standard InChI is InChI=1S/C28H28N8O/c1-17-6-10-25(35-32-17)30-21-8-9-24-22(15-21)29-16-36(24)26-11-7-20(12-13-37)28(31-26)27-18(2)33-34-23(27)14-19-4-3-5-19/h6-11,13,15-16,19H,3-5,12,14H2,1-2H3,(H,30,35)(H,33,34). The Labute approximate surface area is 214 Å². The monoisotopic (exact) mass is 492 g/mol. The first-order chi connectivity index (χ1) is 18.1. The van der Waals surface area contributed by atoms with Gasteiger partial charge >= 0.3 is 0 Å². The second kappa shape index (κ2) is 9.57. The van der Waals surface area contributed by atoms with E-state index in [9.17, 15) is 4.79 Å². The van der Waals surface area contributed by atoms with Crippen LogP contribution in [0.15, 0.2) is 48.8 Å². The van der Waals surface area contributed by atoms with Crippen molar-refractivity contribution in [3.8, 4) is 17.1 Å². The molecule has 37 heavy (non-hydrogen) atoms. The molecule has 1 fully saturated rings. The number of carbonyl (C=O) groups is 1. The second-order valence-corrected chi connectivity index (χ2v) is 9.72. The van der Waals surface area contributed by atoms with E-state index < -0.39 is 0 Å². The molecule has 1 saturated carbocycles. The maximum Gasteiger partial charge on any atom is 0.153 e. The van der Waals surface area contributed by atoms with Crippen LogP contribution in [0.25, 0.3) is 28.1 Å². The summed E-state index contributed by atoms with van der Waals surface area (Å²) in [5, 5.41) is 19.3. The zero-order valence-electron chi connectivity index (χ0n) is 20.9. The highest BCUT2D eigenvalue weighted by molar-refractivity contribution is 5.82. The molecule has 0 saturated heterocycles. The number of hydrogen-bond donors (Lipinski definition) is 2. The predicted molar refractivity (Wildman–Crippen MR) is 142 cm³/mol. The van der Waals surface area contributed by atoms with E-state index in [-0.39, 0.29) is 0 Å². The van der Waals surface area contributed by atoms with Crippen molar-refractivity contribution >= 4 is 28.8 Å². The van der Waals surface area contributed by atoms with Crippen molar-refractivity contribution in [3.63, 3.8) is 0 Å². The third-order valence-electron chi connectivity index (χ3n) is 7.10. The highest BCUT2D eigenvalue weighted by atomic mass is 16.1. The Hall–Kier alpha value is -4.40. The molecule has 0 bridgehead atoms. The number of benzene rings is 1. The van der Waals surface area contributed by atoms with E-state index >= 15 is 0 Å². The molecule has 6 rings (SSSR count). The lowest BCUT2D eigenvalue weighted by molar-refractivity contribution is -0.107. The number of H-pyrrole nitrogens is 1. The quantitative estimate of drug-likeness (QED) is 0.292. The number of nitrogens with one attached hydrogen (secondary N) is 2. The van der Waals surface area contributed by atoms with Gasteiger partial charge in [0.05, 0.1) is 28.1 Å². The van der Waals surface area contributed by atoms with E-state index in [4.69, 9.17) is 4.98 Å². The van der Waals surface area contributed by atoms with E-state index in [1.165, 1.54) is 19.3 Å². The molecular formula is C28H28N8O. The van der Waals surface area contributed by atoms with Gasteiger partial charge in [0.25, 0.3) is 0 Å². The summed E-state index contributed by atoms with van der Waals surface area (Å²) in [7, 11) is 0. The highest BCUT2D eigenvalue weighted by Gasteiger charge is 2.24. The molecule has 4 aromatic heterocycles. The van der Waals surface area contributed by atoms with Crippen molar-refractivity contribution < 1.29 is 4.79 Å². The summed E-state index contributed by atoms with van der Waals surface area (Å²) in [4.78, 5) is 21.2. The smallest absolute Gasteiger partial charge is 0.153 e. The molecule has 1 aliphatic carbocycles. The van der Waals surface area contributed by atoms with Crippen LogP contribution in [0.3, 0.4) is 0 Å². The molecule has 0 atom stereocenters. The van der Waals surface area contributed by atoms with E-state index in [0.29, 0.717) is 18.2 Å². The SMILES string of the molecule is Cc1ccc(Nc2ccc3c(c2)ncn3-c2ccc(CC=O)c(-c3c(CC4CCC4)n[nH]c3C)n2)nn1. The molecule has 0 unspecified atom stereocenters. The first kappa shape index (κ1) is 23.0. The molecular weight excluding hydrogens is 464 g/mol. The lowest BCUT2D eigenvalue weighted by atomic mass is 9.81. The van der Waals surface area contributed by atoms with Gasteiger partial charge in [0.15, 0.2) is 5.82 Å². The van der Waals surface area contributed by atoms with E-state index in [1.54, 1.807) is 6.33 Å². The van der Waals surface area contributed by atoms with Crippen LogP contribution in [0.1, 0.15) is 41.9 Å². The minimum Gasteiger partial charge on any atom is -0.339 e. The summed E-state index contributed by atoms with van der Waals surface area (Å²) >= 11 is 0. The van der Waals surface area contributed by atoms with Gasteiger partial charge in [-0.2, -0.15) is 10.2 Å². The molecule has 9 nitrogen and oxygen atoms in total. The Balaban J connectivity index is 1.37. The molecule has 5 aromatic rings. The average molecular weight is 493 g/mol. The second-order valence-electron chi connectivity index (χ2n) is 9.72. The van der Waals surface area contributed by atoms with Crippen LogP contribution >= 0.6 is 0 Å². The molecule has 0 radical (unpaired) electrons. The number of carbonyl (C=O) groups excluding carboxylic acids is 1. The topological polar surface area (TPSA) is 114 Å². The largest absolute Gasteiger partial charge is 0.339 e. The van der Waals surface area contributed by atoms with E-state index in [1.807, 2.05) is 60.9 Å². The molecule has 0 amide bonds. The summed E-state index contributed by atoms with van der Waals surface area (Å²) < 4.78 is 1.97. The predicted octanol–water partition coefficient (Wildman–Crippen LogP) is 5.05. The fourth-order valence-corrected chi connectivity index (χ4v) is 4.88. The van der Waals surface area contributed by atoms with E-state index in [0.717, 1.165) is 69.1 Å². The Morgan fingerprint density at radius 3 is 2.76 bits per heavy atom. The molecule has 4 heterocycles. The number of anilines is 2. The third kappa shape index (κ3) is 4.48. The van der Waals surface area contributed by atoms with Crippen LogP contribution in [0.5, 0.6) is 0 Å². The number of aldehydes is 1. The fraction of sp³-hybridized carbons (Fsp3) is 0.286. The van der Waals surface area contributed by atoms with Crippen LogP contribution < -0.4 is 5.32 Å². The van der Waals surface area contributed by atoms with Crippen LogP contribution in [-0.4, -0.2) is 41.2 Å². The number of aromatic nitrogens is 7. The van der Waals surface area contributed by atoms with Crippen molar-refractivity contribution in [3.05, 3.63) is 71.4 Å². The number of imidazole rings is 1. The van der Waals surface area contributed by atoms with Crippen LogP contribution in [-0.2, 0) is 17.6 Å². The summed E-state index contributed by atoms with van der Waals surface area (Å²) in [6.07, 6.45) is 7.72. The first-order valence-corrected chi connectivity index (χ1v) is 12.6. The van der Waals surface area contributed by atoms with Gasteiger partial charge in [-0.25, -0.2) is 9.97 Å². The highest BCUT2D eigenvalue weighted by Crippen LogP contribution is 2.35. The minimum atomic E-state index is 0.303. The zero-order chi connectivity index (χ0) is 25.4. The summed E-state index contributed by atoms with van der Waals surface area (Å²) in [6, 6.07) is 13.7. The normalized spacial score (nSPS) is 13.6. The summed E-state index contributed by atoms with van der Waals surface area (Å²) in [5.74, 6) is 2.09. The summed E-state index contributed by atoms with van der Waals surface area (Å²) in [6.45, 7) is 3.93. The van der Waals surface area contributed by atoms with Crippen molar-refractivity contribution in [2.24, 2.45) is 5.92 Å². The van der Waals surface area contributed by atoms with Gasteiger partial charge in [-0.3, -0.25) is 9.67 Å². The lowest BCUT2D eigenvalue weighted by Gasteiger charge is -2.24. The number of rotatable bonds is 8. The van der Waals surface area contributed by atoms with E-state index in [2.05, 4.69) is 30.7 Å². The number of hydrogen-bond acceptors (Lipinski definition) is 7. The molecule has 0 aliphatic heterocycles. The van der Waals surface area contributed by atoms with Gasteiger partial charge in [-0.05, 0) is 68.1 Å². The zero-order valence-corrected chi connectivity index (χ0v) is 20.9. The van der Waals surface area contributed by atoms with Crippen molar-refractivity contribution in [1.82, 2.24) is 34.9 Å². The van der Waals surface area contributed by atoms with Gasteiger partial charge in [-0.1, -0.05) is 25.3 Å². The van der Waals surface area contributed by atoms with Crippen LogP contribution in [0.4, 0.5) is 11.5 Å². The Kier molecular flexibility index (Phi) is 5.96. The number of fused-ring (bicyclic) bond motifs is 1. The molecule has 9 heteroatoms. The maximum absolute atomic E-state index is 11.5. The van der Waals surface area contributed by atoms with Gasteiger partial charge in [0.1, 0.15) is 18.4 Å². The molecule has 186 valence electrons. The molecule has 1 aromatic carbocycles. The van der Waals surface area contributed by atoms with Crippen LogP contribution in [0, 0.1) is 19.8 Å². The van der Waals surface area contributed by atoms with Crippen molar-refractivity contribution in [2.45, 2.75) is 46.0 Å². The Morgan fingerprint density at radius 2 is 2.00 bits per heavy atom. The molecule has 1 aliphatic rings. The van der Waals surface area contributed by atoms with Gasteiger partial charge in [0, 0.05) is 23.4 Å². The third-order valence-corrected chi connectivity index (χ3v) is 7.10. The number of nitrogens with zero attached hydrogens (tertiary/aromatic N) is 6. The number of pyridine rings is 1. The first-order valence-electron chi connectivity index (χ1n) is 12.6. The minimum absolute atomic E-state index is 0.303. The average Bonchev–Trinajstić information content (AvgIpc) is 3.46. The number of aryl methyl sites for hydroxylation is 2. The Bertz CT molecular complexity index is 1580. The van der Waals surface area contributed by atoms with Crippen LogP contribution in [0.2, 0.25) is 0 Å². The van der Waals surface area contributed by atoms with Gasteiger partial charge < -0.3 is 10.1 Å².